The second kappa shape index (κ2) is 7.03. The third-order valence-corrected chi connectivity index (χ3v) is 4.99. The van der Waals surface area contributed by atoms with Crippen LogP contribution in [0.5, 0.6) is 5.88 Å². The summed E-state index contributed by atoms with van der Waals surface area (Å²) in [5, 5.41) is 0. The zero-order valence-corrected chi connectivity index (χ0v) is 14.2. The van der Waals surface area contributed by atoms with E-state index in [0.29, 0.717) is 11.4 Å². The Kier molecular flexibility index (Phi) is 4.81. The van der Waals surface area contributed by atoms with Gasteiger partial charge in [-0.25, -0.2) is 18.1 Å². The van der Waals surface area contributed by atoms with Gasteiger partial charge in [0.1, 0.15) is 0 Å². The van der Waals surface area contributed by atoms with Crippen molar-refractivity contribution in [1.82, 2.24) is 20.1 Å². The number of nitrogens with zero attached hydrogens (tertiary/aromatic N) is 2. The van der Waals surface area contributed by atoms with Crippen LogP contribution in [0.15, 0.2) is 41.4 Å². The lowest BCUT2D eigenvalue weighted by Gasteiger charge is -2.09. The molecule has 1 saturated carbocycles. The average molecular weight is 363 g/mol. The fraction of sp³-hybridized carbons (Fsp3) is 0.267. The van der Waals surface area contributed by atoms with E-state index in [1.807, 2.05) is 0 Å². The minimum atomic E-state index is -3.53. The molecule has 0 radical (unpaired) electrons. The third kappa shape index (κ3) is 4.43. The van der Waals surface area contributed by atoms with Gasteiger partial charge in [0.05, 0.1) is 12.0 Å². The molecule has 1 aromatic carbocycles. The predicted molar refractivity (Wildman–Crippen MR) is 89.5 cm³/mol. The van der Waals surface area contributed by atoms with Crippen molar-refractivity contribution in [3.8, 4) is 5.88 Å². The number of hydrogen-bond donors (Lipinski definition) is 3. The van der Waals surface area contributed by atoms with Gasteiger partial charge in [-0.3, -0.25) is 15.6 Å². The van der Waals surface area contributed by atoms with Crippen LogP contribution in [0.1, 0.15) is 23.2 Å². The van der Waals surface area contributed by atoms with E-state index in [1.54, 1.807) is 6.07 Å². The molecule has 132 valence electrons. The summed E-state index contributed by atoms with van der Waals surface area (Å²) in [6.07, 6.45) is 3.20. The lowest BCUT2D eigenvalue weighted by molar-refractivity contribution is 0.0962. The largest absolute Gasteiger partial charge is 0.481 e. The molecule has 0 atom stereocenters. The summed E-state index contributed by atoms with van der Waals surface area (Å²) < 4.78 is 31.7. The van der Waals surface area contributed by atoms with E-state index < -0.39 is 15.9 Å². The minimum Gasteiger partial charge on any atom is -0.481 e. The van der Waals surface area contributed by atoms with Crippen molar-refractivity contribution in [2.75, 3.05) is 12.5 Å². The van der Waals surface area contributed by atoms with Crippen molar-refractivity contribution in [1.29, 1.82) is 0 Å². The number of rotatable bonds is 7. The van der Waals surface area contributed by atoms with Crippen LogP contribution in [0.3, 0.4) is 0 Å². The summed E-state index contributed by atoms with van der Waals surface area (Å²) in [5.74, 6) is 0.0653. The molecule has 0 unspecified atom stereocenters. The SMILES string of the molecule is COc1ccnc(NNC(=O)c2ccc(S(=O)(=O)NC3CC3)cc2)n1. The molecule has 0 saturated heterocycles. The number of amides is 1. The Hall–Kier alpha value is -2.72. The molecule has 1 heterocycles. The number of carbonyl (C=O) groups is 1. The van der Waals surface area contributed by atoms with E-state index in [2.05, 4.69) is 25.5 Å². The maximum atomic E-state index is 12.1. The fourth-order valence-electron chi connectivity index (χ4n) is 1.97. The van der Waals surface area contributed by atoms with E-state index in [0.717, 1.165) is 12.8 Å². The van der Waals surface area contributed by atoms with Gasteiger partial charge in [-0.2, -0.15) is 4.98 Å². The summed E-state index contributed by atoms with van der Waals surface area (Å²) in [6, 6.07) is 7.25. The molecular formula is C15H17N5O4S. The number of sulfonamides is 1. The van der Waals surface area contributed by atoms with Crippen molar-refractivity contribution >= 4 is 21.9 Å². The van der Waals surface area contributed by atoms with E-state index in [-0.39, 0.29) is 16.9 Å². The van der Waals surface area contributed by atoms with E-state index in [9.17, 15) is 13.2 Å². The zero-order valence-electron chi connectivity index (χ0n) is 13.4. The van der Waals surface area contributed by atoms with E-state index in [4.69, 9.17) is 4.74 Å². The highest BCUT2D eigenvalue weighted by molar-refractivity contribution is 7.89. The third-order valence-electron chi connectivity index (χ3n) is 3.45. The average Bonchev–Trinajstić information content (AvgIpc) is 3.43. The Labute approximate surface area is 144 Å². The molecule has 9 nitrogen and oxygen atoms in total. The van der Waals surface area contributed by atoms with Crippen LogP contribution in [-0.2, 0) is 10.0 Å². The number of hydrazine groups is 1. The van der Waals surface area contributed by atoms with Crippen LogP contribution in [0, 0.1) is 0 Å². The molecule has 0 aliphatic heterocycles. The standard InChI is InChI=1S/C15H17N5O4S/c1-24-13-8-9-16-15(17-13)19-18-14(21)10-2-6-12(7-3-10)25(22,23)20-11-4-5-11/h2-3,6-9,11,20H,4-5H2,1H3,(H,18,21)(H,16,17,19). The summed E-state index contributed by atoms with van der Waals surface area (Å²) in [5.41, 5.74) is 5.29. The molecule has 2 aromatic rings. The number of aromatic nitrogens is 2. The molecular weight excluding hydrogens is 346 g/mol. The minimum absolute atomic E-state index is 0.0278. The molecule has 3 N–H and O–H groups in total. The number of benzene rings is 1. The first-order valence-corrected chi connectivity index (χ1v) is 9.02. The van der Waals surface area contributed by atoms with Gasteiger partial charge >= 0.3 is 0 Å². The number of anilines is 1. The lowest BCUT2D eigenvalue weighted by Crippen LogP contribution is -2.30. The monoisotopic (exact) mass is 363 g/mol. The smallest absolute Gasteiger partial charge is 0.269 e. The van der Waals surface area contributed by atoms with Crippen molar-refractivity contribution in [2.24, 2.45) is 0 Å². The van der Waals surface area contributed by atoms with Crippen LogP contribution >= 0.6 is 0 Å². The van der Waals surface area contributed by atoms with Crippen molar-refractivity contribution in [3.63, 3.8) is 0 Å². The molecule has 1 aliphatic rings. The molecule has 1 aliphatic carbocycles. The molecule has 0 bridgehead atoms. The number of hydrogen-bond acceptors (Lipinski definition) is 7. The van der Waals surface area contributed by atoms with Gasteiger partial charge in [-0.1, -0.05) is 0 Å². The van der Waals surface area contributed by atoms with Crippen LogP contribution in [0.2, 0.25) is 0 Å². The first-order valence-electron chi connectivity index (χ1n) is 7.54. The van der Waals surface area contributed by atoms with Gasteiger partial charge in [0.25, 0.3) is 5.91 Å². The second-order valence-corrected chi connectivity index (χ2v) is 7.14. The van der Waals surface area contributed by atoms with Crippen molar-refractivity contribution < 1.29 is 17.9 Å². The normalized spacial score (nSPS) is 14.0. The molecule has 10 heteroatoms. The zero-order chi connectivity index (χ0) is 17.9. The van der Waals surface area contributed by atoms with E-state index in [1.165, 1.54) is 37.6 Å². The van der Waals surface area contributed by atoms with Gasteiger partial charge < -0.3 is 4.74 Å². The van der Waals surface area contributed by atoms with Gasteiger partial charge in [0.15, 0.2) is 0 Å². The Bertz CT molecular complexity index is 866. The van der Waals surface area contributed by atoms with Gasteiger partial charge in [0, 0.05) is 23.9 Å². The van der Waals surface area contributed by atoms with Gasteiger partial charge in [0.2, 0.25) is 21.9 Å². The summed E-state index contributed by atoms with van der Waals surface area (Å²) in [4.78, 5) is 20.1. The van der Waals surface area contributed by atoms with Crippen LogP contribution < -0.4 is 20.3 Å². The number of carbonyl (C=O) groups excluding carboxylic acids is 1. The second-order valence-electron chi connectivity index (χ2n) is 5.42. The molecule has 1 aromatic heterocycles. The van der Waals surface area contributed by atoms with Gasteiger partial charge in [-0.05, 0) is 37.1 Å². The summed E-state index contributed by atoms with van der Waals surface area (Å²) >= 11 is 0. The Morgan fingerprint density at radius 3 is 2.56 bits per heavy atom. The maximum Gasteiger partial charge on any atom is 0.269 e. The summed E-state index contributed by atoms with van der Waals surface area (Å²) in [7, 11) is -2.06. The van der Waals surface area contributed by atoms with E-state index >= 15 is 0 Å². The molecule has 3 rings (SSSR count). The molecule has 1 amide bonds. The molecule has 25 heavy (non-hydrogen) atoms. The first kappa shape index (κ1) is 17.1. The highest BCUT2D eigenvalue weighted by Gasteiger charge is 2.27. The van der Waals surface area contributed by atoms with Crippen LogP contribution in [0.25, 0.3) is 0 Å². The molecule has 0 spiro atoms. The maximum absolute atomic E-state index is 12.1. The highest BCUT2D eigenvalue weighted by atomic mass is 32.2. The first-order chi connectivity index (χ1) is 12.0. The summed E-state index contributed by atoms with van der Waals surface area (Å²) in [6.45, 7) is 0. The topological polar surface area (TPSA) is 122 Å². The Balaban J connectivity index is 1.62. The number of ether oxygens (including phenoxy) is 1. The number of nitrogens with one attached hydrogen (secondary N) is 3. The highest BCUT2D eigenvalue weighted by Crippen LogP contribution is 2.22. The van der Waals surface area contributed by atoms with Crippen molar-refractivity contribution in [3.05, 3.63) is 42.1 Å². The van der Waals surface area contributed by atoms with Gasteiger partial charge in [-0.15, -0.1) is 0 Å². The van der Waals surface area contributed by atoms with Crippen LogP contribution in [-0.4, -0.2) is 37.4 Å². The quantitative estimate of drug-likeness (QED) is 0.618. The van der Waals surface area contributed by atoms with Crippen LogP contribution in [0.4, 0.5) is 5.95 Å². The molecule has 1 fully saturated rings. The fourth-order valence-corrected chi connectivity index (χ4v) is 3.28. The predicted octanol–water partition coefficient (Wildman–Crippen LogP) is 0.683. The Morgan fingerprint density at radius 2 is 1.92 bits per heavy atom. The Morgan fingerprint density at radius 1 is 1.20 bits per heavy atom. The van der Waals surface area contributed by atoms with Crippen molar-refractivity contribution in [2.45, 2.75) is 23.8 Å². The number of methoxy groups -OCH3 is 1. The lowest BCUT2D eigenvalue weighted by atomic mass is 10.2.